The van der Waals surface area contributed by atoms with E-state index in [2.05, 4.69) is 15.4 Å². The van der Waals surface area contributed by atoms with Gasteiger partial charge in [-0.25, -0.2) is 4.79 Å². The smallest absolute Gasteiger partial charge is 0.387 e. The van der Waals surface area contributed by atoms with Crippen molar-refractivity contribution in [2.45, 2.75) is 51.0 Å². The van der Waals surface area contributed by atoms with Crippen LogP contribution in [-0.4, -0.2) is 29.9 Å². The molecule has 2 unspecified atom stereocenters. The first-order valence-corrected chi connectivity index (χ1v) is 7.31. The standard InChI is InChI=1S/C15H20F2N2O3/c16-14(17)22-11-5-3-4-10(8-11)9-18-15(21)19-12-6-1-2-7-13(12)20/h3-5,8,12-14,20H,1-2,6-7,9H2,(H2,18,19,21). The summed E-state index contributed by atoms with van der Waals surface area (Å²) in [6, 6.07) is 5.54. The molecule has 1 aliphatic carbocycles. The molecule has 5 nitrogen and oxygen atoms in total. The second-order valence-corrected chi connectivity index (χ2v) is 5.31. The lowest BCUT2D eigenvalue weighted by atomic mass is 9.93. The van der Waals surface area contributed by atoms with Gasteiger partial charge in [-0.1, -0.05) is 25.0 Å². The molecular weight excluding hydrogens is 294 g/mol. The molecule has 2 atom stereocenters. The molecule has 0 aromatic heterocycles. The summed E-state index contributed by atoms with van der Waals surface area (Å²) in [6.45, 7) is -2.69. The first-order valence-electron chi connectivity index (χ1n) is 7.31. The third kappa shape index (κ3) is 5.14. The van der Waals surface area contributed by atoms with Gasteiger partial charge in [-0.2, -0.15) is 8.78 Å². The van der Waals surface area contributed by atoms with Gasteiger partial charge >= 0.3 is 12.6 Å². The Kier molecular flexibility index (Phi) is 5.94. The van der Waals surface area contributed by atoms with Crippen molar-refractivity contribution >= 4 is 6.03 Å². The van der Waals surface area contributed by atoms with Crippen LogP contribution in [0.5, 0.6) is 5.75 Å². The Morgan fingerprint density at radius 1 is 1.36 bits per heavy atom. The van der Waals surface area contributed by atoms with Gasteiger partial charge in [0.15, 0.2) is 0 Å². The van der Waals surface area contributed by atoms with Crippen LogP contribution in [-0.2, 0) is 6.54 Å². The van der Waals surface area contributed by atoms with Crippen LogP contribution in [0.4, 0.5) is 13.6 Å². The molecule has 0 radical (unpaired) electrons. The maximum absolute atomic E-state index is 12.1. The van der Waals surface area contributed by atoms with Gasteiger partial charge in [0.05, 0.1) is 12.1 Å². The van der Waals surface area contributed by atoms with Gasteiger partial charge in [-0.3, -0.25) is 0 Å². The highest BCUT2D eigenvalue weighted by molar-refractivity contribution is 5.74. The van der Waals surface area contributed by atoms with Gasteiger partial charge < -0.3 is 20.5 Å². The van der Waals surface area contributed by atoms with Crippen molar-refractivity contribution in [1.29, 1.82) is 0 Å². The summed E-state index contributed by atoms with van der Waals surface area (Å²) in [4.78, 5) is 11.8. The Hall–Kier alpha value is -1.89. The van der Waals surface area contributed by atoms with Crippen LogP contribution in [0.15, 0.2) is 24.3 Å². The molecule has 22 heavy (non-hydrogen) atoms. The normalized spacial score (nSPS) is 21.5. The number of hydrogen-bond acceptors (Lipinski definition) is 3. The largest absolute Gasteiger partial charge is 0.435 e. The zero-order valence-electron chi connectivity index (χ0n) is 12.1. The third-order valence-electron chi connectivity index (χ3n) is 3.62. The van der Waals surface area contributed by atoms with Gasteiger partial charge in [-0.15, -0.1) is 0 Å². The van der Waals surface area contributed by atoms with Gasteiger partial charge in [0.1, 0.15) is 5.75 Å². The van der Waals surface area contributed by atoms with Crippen molar-refractivity contribution in [2.24, 2.45) is 0 Å². The summed E-state index contributed by atoms with van der Waals surface area (Å²) in [6.07, 6.45) is 2.89. The average Bonchev–Trinajstić information content (AvgIpc) is 2.47. The number of nitrogens with one attached hydrogen (secondary N) is 2. The molecule has 122 valence electrons. The maximum atomic E-state index is 12.1. The van der Waals surface area contributed by atoms with Crippen LogP contribution in [0.25, 0.3) is 0 Å². The fourth-order valence-electron chi connectivity index (χ4n) is 2.51. The molecule has 1 aromatic carbocycles. The Morgan fingerprint density at radius 2 is 2.14 bits per heavy atom. The minimum Gasteiger partial charge on any atom is -0.435 e. The van der Waals surface area contributed by atoms with Crippen LogP contribution >= 0.6 is 0 Å². The number of rotatable bonds is 5. The van der Waals surface area contributed by atoms with Crippen molar-refractivity contribution in [3.05, 3.63) is 29.8 Å². The van der Waals surface area contributed by atoms with E-state index in [0.29, 0.717) is 12.0 Å². The highest BCUT2D eigenvalue weighted by Crippen LogP contribution is 2.18. The fourth-order valence-corrected chi connectivity index (χ4v) is 2.51. The zero-order chi connectivity index (χ0) is 15.9. The van der Waals surface area contributed by atoms with Gasteiger partial charge in [0.2, 0.25) is 0 Å². The molecule has 1 aliphatic rings. The third-order valence-corrected chi connectivity index (χ3v) is 3.62. The van der Waals surface area contributed by atoms with Crippen molar-refractivity contribution < 1.29 is 23.4 Å². The molecular formula is C15H20F2N2O3. The number of carbonyl (C=O) groups excluding carboxylic acids is 1. The number of amides is 2. The van der Waals surface area contributed by atoms with Crippen molar-refractivity contribution in [1.82, 2.24) is 10.6 Å². The summed E-state index contributed by atoms with van der Waals surface area (Å²) < 4.78 is 28.6. The van der Waals surface area contributed by atoms with Crippen LogP contribution < -0.4 is 15.4 Å². The van der Waals surface area contributed by atoms with E-state index < -0.39 is 12.7 Å². The number of aliphatic hydroxyl groups is 1. The number of halogens is 2. The molecule has 3 N–H and O–H groups in total. The summed E-state index contributed by atoms with van der Waals surface area (Å²) in [7, 11) is 0. The first-order chi connectivity index (χ1) is 10.5. The highest BCUT2D eigenvalue weighted by Gasteiger charge is 2.24. The molecule has 0 saturated heterocycles. The Bertz CT molecular complexity index is 499. The first kappa shape index (κ1) is 16.5. The van der Waals surface area contributed by atoms with Crippen LogP contribution in [0, 0.1) is 0 Å². The predicted molar refractivity (Wildman–Crippen MR) is 76.7 cm³/mol. The van der Waals surface area contributed by atoms with E-state index in [-0.39, 0.29) is 24.4 Å². The molecule has 2 amide bonds. The Balaban J connectivity index is 1.80. The number of hydrogen-bond donors (Lipinski definition) is 3. The van der Waals surface area contributed by atoms with E-state index in [4.69, 9.17) is 0 Å². The summed E-state index contributed by atoms with van der Waals surface area (Å²) in [5, 5.41) is 15.2. The lowest BCUT2D eigenvalue weighted by Gasteiger charge is -2.28. The molecule has 0 bridgehead atoms. The number of aliphatic hydroxyl groups excluding tert-OH is 1. The maximum Gasteiger partial charge on any atom is 0.387 e. The van der Waals surface area contributed by atoms with Gasteiger partial charge in [-0.05, 0) is 30.5 Å². The summed E-state index contributed by atoms with van der Waals surface area (Å²) >= 11 is 0. The lowest BCUT2D eigenvalue weighted by Crippen LogP contribution is -2.48. The van der Waals surface area contributed by atoms with E-state index in [0.717, 1.165) is 19.3 Å². The number of urea groups is 1. The van der Waals surface area contributed by atoms with Crippen LogP contribution in [0.2, 0.25) is 0 Å². The SMILES string of the molecule is O=C(NCc1cccc(OC(F)F)c1)NC1CCCCC1O. The van der Waals surface area contributed by atoms with Gasteiger partial charge in [0.25, 0.3) is 0 Å². The number of benzene rings is 1. The molecule has 1 saturated carbocycles. The summed E-state index contributed by atoms with van der Waals surface area (Å²) in [5.74, 6) is 0.0532. The summed E-state index contributed by atoms with van der Waals surface area (Å²) in [5.41, 5.74) is 0.650. The van der Waals surface area contributed by atoms with Crippen molar-refractivity contribution in [3.8, 4) is 5.75 Å². The molecule has 0 spiro atoms. The minimum atomic E-state index is -2.88. The fraction of sp³-hybridized carbons (Fsp3) is 0.533. The topological polar surface area (TPSA) is 70.6 Å². The van der Waals surface area contributed by atoms with E-state index in [9.17, 15) is 18.7 Å². The average molecular weight is 314 g/mol. The molecule has 1 aromatic rings. The number of alkyl halides is 2. The van der Waals surface area contributed by atoms with E-state index in [1.165, 1.54) is 12.1 Å². The van der Waals surface area contributed by atoms with E-state index >= 15 is 0 Å². The molecule has 2 rings (SSSR count). The molecule has 0 heterocycles. The van der Waals surface area contributed by atoms with E-state index in [1.54, 1.807) is 12.1 Å². The number of ether oxygens (including phenoxy) is 1. The highest BCUT2D eigenvalue weighted by atomic mass is 19.3. The number of carbonyl (C=O) groups is 1. The van der Waals surface area contributed by atoms with Gasteiger partial charge in [0, 0.05) is 6.54 Å². The molecule has 7 heteroatoms. The second kappa shape index (κ2) is 7.93. The predicted octanol–water partition coefficient (Wildman–Crippen LogP) is 2.39. The van der Waals surface area contributed by atoms with Crippen LogP contribution in [0.1, 0.15) is 31.2 Å². The lowest BCUT2D eigenvalue weighted by molar-refractivity contribution is -0.0498. The Labute approximate surface area is 127 Å². The second-order valence-electron chi connectivity index (χ2n) is 5.31. The van der Waals surface area contributed by atoms with Crippen LogP contribution in [0.3, 0.4) is 0 Å². The molecule has 0 aliphatic heterocycles. The molecule has 1 fully saturated rings. The van der Waals surface area contributed by atoms with Crippen molar-refractivity contribution in [3.63, 3.8) is 0 Å². The quantitative estimate of drug-likeness (QED) is 0.781. The monoisotopic (exact) mass is 314 g/mol. The Morgan fingerprint density at radius 3 is 2.86 bits per heavy atom. The van der Waals surface area contributed by atoms with E-state index in [1.807, 2.05) is 0 Å². The van der Waals surface area contributed by atoms with Crippen molar-refractivity contribution in [2.75, 3.05) is 0 Å². The zero-order valence-corrected chi connectivity index (χ0v) is 12.1. The minimum absolute atomic E-state index is 0.0532.